The highest BCUT2D eigenvalue weighted by Gasteiger charge is 2.19. The number of nitrogens with one attached hydrogen (secondary N) is 4. The van der Waals surface area contributed by atoms with E-state index in [4.69, 9.17) is 0 Å². The molecule has 4 N–H and O–H groups in total. The molecule has 4 aromatic rings. The Labute approximate surface area is 182 Å². The molecule has 2 aromatic heterocycles. The maximum atomic E-state index is 4.58. The molecule has 1 aliphatic rings. The van der Waals surface area contributed by atoms with E-state index < -0.39 is 0 Å². The highest BCUT2D eigenvalue weighted by molar-refractivity contribution is 5.71. The quantitative estimate of drug-likeness (QED) is 0.365. The van der Waals surface area contributed by atoms with Crippen LogP contribution < -0.4 is 10.6 Å². The normalized spacial score (nSPS) is 17.2. The summed E-state index contributed by atoms with van der Waals surface area (Å²) >= 11 is 0. The van der Waals surface area contributed by atoms with Gasteiger partial charge in [-0.3, -0.25) is 0 Å². The van der Waals surface area contributed by atoms with E-state index in [1.54, 1.807) is 0 Å². The van der Waals surface area contributed by atoms with Gasteiger partial charge < -0.3 is 20.6 Å². The summed E-state index contributed by atoms with van der Waals surface area (Å²) in [4.78, 5) is 15.9. The molecule has 1 aliphatic heterocycles. The third kappa shape index (κ3) is 4.04. The zero-order valence-corrected chi connectivity index (χ0v) is 17.9. The molecule has 0 spiro atoms. The van der Waals surface area contributed by atoms with Crippen molar-refractivity contribution in [3.63, 3.8) is 0 Å². The van der Waals surface area contributed by atoms with Crippen LogP contribution in [-0.4, -0.2) is 33.5 Å². The van der Waals surface area contributed by atoms with Crippen LogP contribution in [0.1, 0.15) is 43.5 Å². The van der Waals surface area contributed by atoms with Gasteiger partial charge in [0.15, 0.2) is 0 Å². The van der Waals surface area contributed by atoms with Crippen LogP contribution in [0.4, 0.5) is 0 Å². The SMILES string of the molecule is CNC(C)c1ncc(-c2ccc(-c3ccc(-c4cnc(C5CCCN5)[nH]4)cc3)cc2)[nH]1. The molecule has 0 saturated carbocycles. The van der Waals surface area contributed by atoms with Gasteiger partial charge in [-0.1, -0.05) is 48.5 Å². The molecule has 31 heavy (non-hydrogen) atoms. The molecule has 0 bridgehead atoms. The van der Waals surface area contributed by atoms with Gasteiger partial charge in [-0.15, -0.1) is 0 Å². The fourth-order valence-corrected chi connectivity index (χ4v) is 4.10. The van der Waals surface area contributed by atoms with E-state index in [1.165, 1.54) is 17.5 Å². The number of imidazole rings is 2. The van der Waals surface area contributed by atoms with Crippen molar-refractivity contribution in [2.45, 2.75) is 31.8 Å². The molecule has 6 heteroatoms. The van der Waals surface area contributed by atoms with Gasteiger partial charge in [-0.05, 0) is 55.6 Å². The molecule has 6 nitrogen and oxygen atoms in total. The van der Waals surface area contributed by atoms with Crippen molar-refractivity contribution in [3.8, 4) is 33.6 Å². The first-order valence-electron chi connectivity index (χ1n) is 10.9. The molecule has 2 unspecified atom stereocenters. The third-order valence-electron chi connectivity index (χ3n) is 6.15. The Hall–Kier alpha value is -3.22. The molecule has 3 heterocycles. The number of rotatable bonds is 6. The van der Waals surface area contributed by atoms with Crippen LogP contribution in [0, 0.1) is 0 Å². The van der Waals surface area contributed by atoms with Gasteiger partial charge in [0.1, 0.15) is 11.6 Å². The minimum atomic E-state index is 0.201. The molecule has 2 aromatic carbocycles. The Morgan fingerprint density at radius 1 is 0.839 bits per heavy atom. The smallest absolute Gasteiger partial charge is 0.123 e. The lowest BCUT2D eigenvalue weighted by Crippen LogP contribution is -2.14. The van der Waals surface area contributed by atoms with Gasteiger partial charge in [-0.25, -0.2) is 9.97 Å². The summed E-state index contributed by atoms with van der Waals surface area (Å²) in [6.07, 6.45) is 6.19. The summed E-state index contributed by atoms with van der Waals surface area (Å²) < 4.78 is 0. The minimum absolute atomic E-state index is 0.201. The van der Waals surface area contributed by atoms with Gasteiger partial charge in [0.2, 0.25) is 0 Å². The Balaban J connectivity index is 1.31. The largest absolute Gasteiger partial charge is 0.341 e. The van der Waals surface area contributed by atoms with Gasteiger partial charge in [0, 0.05) is 0 Å². The average molecular weight is 413 g/mol. The lowest BCUT2D eigenvalue weighted by atomic mass is 10.0. The maximum absolute atomic E-state index is 4.58. The highest BCUT2D eigenvalue weighted by atomic mass is 15.0. The molecule has 5 rings (SSSR count). The molecular formula is C25H28N6. The fraction of sp³-hybridized carbons (Fsp3) is 0.280. The number of aromatic amines is 2. The van der Waals surface area contributed by atoms with Crippen LogP contribution in [-0.2, 0) is 0 Å². The van der Waals surface area contributed by atoms with Crippen molar-refractivity contribution in [2.24, 2.45) is 0 Å². The zero-order valence-electron chi connectivity index (χ0n) is 17.9. The fourth-order valence-electron chi connectivity index (χ4n) is 4.10. The molecule has 2 atom stereocenters. The molecule has 1 saturated heterocycles. The average Bonchev–Trinajstić information content (AvgIpc) is 3.60. The summed E-state index contributed by atoms with van der Waals surface area (Å²) in [7, 11) is 1.94. The van der Waals surface area contributed by atoms with E-state index in [1.807, 2.05) is 19.4 Å². The second-order valence-electron chi connectivity index (χ2n) is 8.18. The Bertz CT molecular complexity index is 1130. The van der Waals surface area contributed by atoms with E-state index in [-0.39, 0.29) is 6.04 Å². The van der Waals surface area contributed by atoms with Crippen molar-refractivity contribution < 1.29 is 0 Å². The lowest BCUT2D eigenvalue weighted by Gasteiger charge is -2.07. The van der Waals surface area contributed by atoms with Crippen molar-refractivity contribution >= 4 is 0 Å². The monoisotopic (exact) mass is 412 g/mol. The molecule has 1 fully saturated rings. The van der Waals surface area contributed by atoms with Crippen LogP contribution in [0.15, 0.2) is 60.9 Å². The van der Waals surface area contributed by atoms with E-state index in [0.29, 0.717) is 6.04 Å². The van der Waals surface area contributed by atoms with Crippen molar-refractivity contribution in [3.05, 3.63) is 72.6 Å². The third-order valence-corrected chi connectivity index (χ3v) is 6.15. The number of hydrogen-bond donors (Lipinski definition) is 4. The van der Waals surface area contributed by atoms with E-state index >= 15 is 0 Å². The predicted molar refractivity (Wildman–Crippen MR) is 124 cm³/mol. The number of nitrogens with zero attached hydrogens (tertiary/aromatic N) is 2. The second-order valence-corrected chi connectivity index (χ2v) is 8.18. The number of benzene rings is 2. The van der Waals surface area contributed by atoms with Gasteiger partial charge >= 0.3 is 0 Å². The standard InChI is InChI=1S/C25H28N6/c1-16(26-2)24-28-14-22(30-24)19-9-5-17(6-10-19)18-7-11-20(12-8-18)23-15-29-25(31-23)21-4-3-13-27-21/h5-12,14-16,21,26-27H,3-4,13H2,1-2H3,(H,28,30)(H,29,31). The lowest BCUT2D eigenvalue weighted by molar-refractivity contribution is 0.613. The van der Waals surface area contributed by atoms with Crippen molar-refractivity contribution in [1.82, 2.24) is 30.6 Å². The first kappa shape index (κ1) is 19.7. The Morgan fingerprint density at radius 3 is 2.00 bits per heavy atom. The molecule has 158 valence electrons. The van der Waals surface area contributed by atoms with Gasteiger partial charge in [0.25, 0.3) is 0 Å². The summed E-state index contributed by atoms with van der Waals surface area (Å²) in [5.74, 6) is 1.99. The maximum Gasteiger partial charge on any atom is 0.123 e. The molecule has 0 aliphatic carbocycles. The van der Waals surface area contributed by atoms with Crippen LogP contribution >= 0.6 is 0 Å². The summed E-state index contributed by atoms with van der Waals surface area (Å²) in [6.45, 7) is 3.16. The molecular weight excluding hydrogens is 384 g/mol. The summed E-state index contributed by atoms with van der Waals surface area (Å²) in [5.41, 5.74) is 6.77. The van der Waals surface area contributed by atoms with Crippen molar-refractivity contribution in [1.29, 1.82) is 0 Å². The van der Waals surface area contributed by atoms with Gasteiger partial charge in [0.05, 0.1) is 35.9 Å². The Morgan fingerprint density at radius 2 is 1.42 bits per heavy atom. The van der Waals surface area contributed by atoms with Gasteiger partial charge in [-0.2, -0.15) is 0 Å². The minimum Gasteiger partial charge on any atom is -0.341 e. The van der Waals surface area contributed by atoms with E-state index in [0.717, 1.165) is 47.1 Å². The highest BCUT2D eigenvalue weighted by Crippen LogP contribution is 2.28. The summed E-state index contributed by atoms with van der Waals surface area (Å²) in [6, 6.07) is 17.8. The topological polar surface area (TPSA) is 81.4 Å². The van der Waals surface area contributed by atoms with E-state index in [2.05, 4.69) is 86.0 Å². The second kappa shape index (κ2) is 8.49. The van der Waals surface area contributed by atoms with Crippen LogP contribution in [0.2, 0.25) is 0 Å². The van der Waals surface area contributed by atoms with Crippen LogP contribution in [0.5, 0.6) is 0 Å². The van der Waals surface area contributed by atoms with Crippen LogP contribution in [0.25, 0.3) is 33.6 Å². The van der Waals surface area contributed by atoms with Crippen LogP contribution in [0.3, 0.4) is 0 Å². The predicted octanol–water partition coefficient (Wildman–Crippen LogP) is 4.84. The zero-order chi connectivity index (χ0) is 21.2. The number of aromatic nitrogens is 4. The molecule has 0 radical (unpaired) electrons. The first-order chi connectivity index (χ1) is 15.2. The molecule has 0 amide bonds. The van der Waals surface area contributed by atoms with Crippen molar-refractivity contribution in [2.75, 3.05) is 13.6 Å². The number of hydrogen-bond acceptors (Lipinski definition) is 4. The van der Waals surface area contributed by atoms with E-state index in [9.17, 15) is 0 Å². The number of H-pyrrole nitrogens is 2. The Kier molecular flexibility index (Phi) is 5.40. The summed E-state index contributed by atoms with van der Waals surface area (Å²) in [5, 5.41) is 6.70. The first-order valence-corrected chi connectivity index (χ1v) is 10.9.